The largest absolute Gasteiger partial charge is 0.432 e. The van der Waals surface area contributed by atoms with Crippen LogP contribution in [0.1, 0.15) is 46.9 Å². The number of benzene rings is 2. The first kappa shape index (κ1) is 33.6. The maximum atomic E-state index is 14.3. The molecule has 1 aromatic heterocycles. The van der Waals surface area contributed by atoms with E-state index in [9.17, 15) is 35.9 Å². The van der Waals surface area contributed by atoms with Crippen LogP contribution < -0.4 is 16.4 Å². The van der Waals surface area contributed by atoms with Crippen molar-refractivity contribution in [3.05, 3.63) is 100 Å². The van der Waals surface area contributed by atoms with Crippen LogP contribution in [0.3, 0.4) is 0 Å². The third-order valence-corrected chi connectivity index (χ3v) is 7.84. The van der Waals surface area contributed by atoms with E-state index < -0.39 is 65.1 Å². The molecule has 1 aliphatic heterocycles. The van der Waals surface area contributed by atoms with Crippen LogP contribution in [-0.2, 0) is 20.7 Å². The molecule has 1 spiro atoms. The molecule has 0 unspecified atom stereocenters. The average Bonchev–Trinajstić information content (AvgIpc) is 3.46. The van der Waals surface area contributed by atoms with Crippen molar-refractivity contribution < 1.29 is 45.4 Å². The second-order valence-electron chi connectivity index (χ2n) is 11.1. The minimum absolute atomic E-state index is 0.00419. The Hall–Kier alpha value is -4.76. The van der Waals surface area contributed by atoms with E-state index in [2.05, 4.69) is 15.6 Å². The molecule has 1 atom stereocenters. The Morgan fingerprint density at radius 2 is 1.74 bits per heavy atom. The fraction of sp³-hybridized carbons (Fsp3) is 0.312. The van der Waals surface area contributed by atoms with Crippen molar-refractivity contribution in [2.24, 2.45) is 5.73 Å². The van der Waals surface area contributed by atoms with Crippen LogP contribution in [0.2, 0.25) is 0 Å². The van der Waals surface area contributed by atoms with Gasteiger partial charge in [0.2, 0.25) is 5.91 Å². The van der Waals surface area contributed by atoms with E-state index in [1.807, 2.05) is 0 Å². The molecule has 248 valence electrons. The number of amides is 2. The highest BCUT2D eigenvalue weighted by Crippen LogP contribution is 2.40. The van der Waals surface area contributed by atoms with Crippen LogP contribution in [0.5, 0.6) is 0 Å². The summed E-state index contributed by atoms with van der Waals surface area (Å²) in [6.07, 6.45) is -3.89. The molecule has 2 amide bonds. The van der Waals surface area contributed by atoms with Gasteiger partial charge >= 0.3 is 6.18 Å². The lowest BCUT2D eigenvalue weighted by Gasteiger charge is -2.35. The predicted molar refractivity (Wildman–Crippen MR) is 156 cm³/mol. The molecule has 1 fully saturated rings. The number of aromatic nitrogens is 1. The molecule has 2 aliphatic rings. The predicted octanol–water partition coefficient (Wildman–Crippen LogP) is 5.02. The Labute approximate surface area is 264 Å². The smallest absolute Gasteiger partial charge is 0.379 e. The van der Waals surface area contributed by atoms with E-state index in [1.165, 1.54) is 18.3 Å². The molecule has 0 radical (unpaired) electrons. The summed E-state index contributed by atoms with van der Waals surface area (Å²) >= 11 is 0. The van der Waals surface area contributed by atoms with Gasteiger partial charge in [0.1, 0.15) is 23.2 Å². The highest BCUT2D eigenvalue weighted by atomic mass is 19.4. The van der Waals surface area contributed by atoms with Crippen molar-refractivity contribution in [2.45, 2.75) is 43.7 Å². The van der Waals surface area contributed by atoms with Crippen molar-refractivity contribution in [1.29, 1.82) is 5.41 Å². The topological polar surface area (TPSA) is 139 Å². The van der Waals surface area contributed by atoms with Gasteiger partial charge in [-0.05, 0) is 54.3 Å². The SMILES string of the molecule is N=C(C1=C(NCC(=O)N[C@@H](Cc2cc(F)cc(F)c2)c2ncccc2-c2ccc(F)c(C(N)=O)c2)CCC2(C1)OCCO2)C(F)(F)F. The van der Waals surface area contributed by atoms with Gasteiger partial charge in [0.15, 0.2) is 5.79 Å². The summed E-state index contributed by atoms with van der Waals surface area (Å²) in [4.78, 5) is 29.5. The van der Waals surface area contributed by atoms with Crippen LogP contribution in [0.4, 0.5) is 26.3 Å². The molecule has 1 saturated heterocycles. The van der Waals surface area contributed by atoms with E-state index in [4.69, 9.17) is 20.6 Å². The van der Waals surface area contributed by atoms with Crippen LogP contribution in [0, 0.1) is 22.9 Å². The number of hydrogen-bond acceptors (Lipinski definition) is 7. The third kappa shape index (κ3) is 7.80. The molecule has 15 heteroatoms. The van der Waals surface area contributed by atoms with E-state index in [1.54, 1.807) is 12.1 Å². The Morgan fingerprint density at radius 3 is 2.40 bits per heavy atom. The molecule has 2 heterocycles. The Morgan fingerprint density at radius 1 is 1.04 bits per heavy atom. The minimum atomic E-state index is -4.96. The van der Waals surface area contributed by atoms with Gasteiger partial charge in [0.25, 0.3) is 5.91 Å². The zero-order chi connectivity index (χ0) is 33.9. The molecule has 0 bridgehead atoms. The number of nitrogens with zero attached hydrogens (tertiary/aromatic N) is 1. The van der Waals surface area contributed by atoms with Crippen molar-refractivity contribution >= 4 is 17.5 Å². The lowest BCUT2D eigenvalue weighted by Crippen LogP contribution is -2.42. The average molecular weight is 662 g/mol. The fourth-order valence-electron chi connectivity index (χ4n) is 5.71. The summed E-state index contributed by atoms with van der Waals surface area (Å²) in [7, 11) is 0. The van der Waals surface area contributed by atoms with Crippen molar-refractivity contribution in [3.8, 4) is 11.1 Å². The van der Waals surface area contributed by atoms with Crippen LogP contribution in [-0.4, -0.2) is 54.2 Å². The van der Waals surface area contributed by atoms with E-state index in [0.29, 0.717) is 17.2 Å². The number of hydrogen-bond donors (Lipinski definition) is 4. The first-order valence-corrected chi connectivity index (χ1v) is 14.4. The summed E-state index contributed by atoms with van der Waals surface area (Å²) in [6, 6.07) is 8.47. The lowest BCUT2D eigenvalue weighted by molar-refractivity contribution is -0.163. The fourth-order valence-corrected chi connectivity index (χ4v) is 5.71. The molecule has 5 N–H and O–H groups in total. The number of halogens is 6. The maximum absolute atomic E-state index is 14.3. The number of rotatable bonds is 10. The van der Waals surface area contributed by atoms with E-state index in [-0.39, 0.29) is 61.4 Å². The molecule has 5 rings (SSSR count). The monoisotopic (exact) mass is 661 g/mol. The van der Waals surface area contributed by atoms with Gasteiger partial charge in [0.05, 0.1) is 37.1 Å². The van der Waals surface area contributed by atoms with Gasteiger partial charge < -0.3 is 25.8 Å². The van der Waals surface area contributed by atoms with Gasteiger partial charge in [-0.3, -0.25) is 20.0 Å². The summed E-state index contributed by atoms with van der Waals surface area (Å²) in [5, 5.41) is 13.2. The highest BCUT2D eigenvalue weighted by Gasteiger charge is 2.46. The standard InChI is InChI=1S/C32H29F6N5O4/c33-19-10-17(11-20(34)14-19)12-26(28-21(2-1-7-41-28)18-3-4-24(35)22(13-18)30(40)45)43-27(44)16-42-25-5-6-31(46-8-9-47-31)15-23(25)29(39)32(36,37)38/h1-4,7,10-11,13-14,26,39,42H,5-6,8-9,12,15-16H2,(H2,40,45)(H,43,44)/t26-/m0/s1. The number of primary amides is 1. The molecule has 3 aromatic rings. The number of carbonyl (C=O) groups excluding carboxylic acids is 2. The Kier molecular flexibility index (Phi) is 9.68. The van der Waals surface area contributed by atoms with Gasteiger partial charge in [-0.25, -0.2) is 13.2 Å². The molecule has 1 aliphatic carbocycles. The number of alkyl halides is 3. The number of carbonyl (C=O) groups is 2. The first-order valence-electron chi connectivity index (χ1n) is 14.4. The second-order valence-corrected chi connectivity index (χ2v) is 11.1. The highest BCUT2D eigenvalue weighted by molar-refractivity contribution is 6.02. The number of nitrogens with two attached hydrogens (primary N) is 1. The van der Waals surface area contributed by atoms with E-state index >= 15 is 0 Å². The van der Waals surface area contributed by atoms with Gasteiger partial charge in [-0.2, -0.15) is 13.2 Å². The van der Waals surface area contributed by atoms with Gasteiger partial charge in [-0.1, -0.05) is 12.1 Å². The Bertz CT molecular complexity index is 1720. The minimum Gasteiger partial charge on any atom is -0.379 e. The Balaban J connectivity index is 1.45. The molecular formula is C32H29F6N5O4. The maximum Gasteiger partial charge on any atom is 0.432 e. The van der Waals surface area contributed by atoms with Crippen LogP contribution >= 0.6 is 0 Å². The van der Waals surface area contributed by atoms with E-state index in [0.717, 1.165) is 18.2 Å². The molecule has 0 saturated carbocycles. The molecular weight excluding hydrogens is 632 g/mol. The summed E-state index contributed by atoms with van der Waals surface area (Å²) in [6.45, 7) is -0.130. The normalized spacial score (nSPS) is 16.6. The molecule has 9 nitrogen and oxygen atoms in total. The number of allylic oxidation sites excluding steroid dienone is 1. The van der Waals surface area contributed by atoms with Crippen molar-refractivity contribution in [3.63, 3.8) is 0 Å². The van der Waals surface area contributed by atoms with Crippen LogP contribution in [0.25, 0.3) is 11.1 Å². The zero-order valence-corrected chi connectivity index (χ0v) is 24.6. The van der Waals surface area contributed by atoms with Crippen molar-refractivity contribution in [2.75, 3.05) is 19.8 Å². The number of nitrogens with one attached hydrogen (secondary N) is 3. The van der Waals surface area contributed by atoms with Crippen LogP contribution in [0.15, 0.2) is 66.0 Å². The first-order chi connectivity index (χ1) is 22.2. The lowest BCUT2D eigenvalue weighted by atomic mass is 9.87. The van der Waals surface area contributed by atoms with Crippen molar-refractivity contribution in [1.82, 2.24) is 15.6 Å². The third-order valence-electron chi connectivity index (χ3n) is 7.84. The summed E-state index contributed by atoms with van der Waals surface area (Å²) in [5.74, 6) is -5.61. The number of ether oxygens (including phenoxy) is 2. The van der Waals surface area contributed by atoms with Gasteiger partial charge in [-0.15, -0.1) is 0 Å². The molecule has 47 heavy (non-hydrogen) atoms. The zero-order valence-electron chi connectivity index (χ0n) is 24.6. The van der Waals surface area contributed by atoms with Gasteiger partial charge in [0, 0.05) is 41.9 Å². The quantitative estimate of drug-likeness (QED) is 0.178. The summed E-state index contributed by atoms with van der Waals surface area (Å²) in [5.41, 5.74) is 3.94. The number of pyridine rings is 1. The molecule has 2 aromatic carbocycles. The second kappa shape index (κ2) is 13.5. The summed E-state index contributed by atoms with van der Waals surface area (Å²) < 4.78 is 94.5.